The maximum absolute atomic E-state index is 4.35. The lowest BCUT2D eigenvalue weighted by molar-refractivity contribution is 0.626. The minimum absolute atomic E-state index is 0.937. The van der Waals surface area contributed by atoms with Crippen LogP contribution in [0.15, 0.2) is 12.3 Å². The van der Waals surface area contributed by atoms with Gasteiger partial charge in [-0.15, -0.1) is 0 Å². The van der Waals surface area contributed by atoms with Crippen LogP contribution in [0.4, 0.5) is 0 Å². The second kappa shape index (κ2) is 3.06. The van der Waals surface area contributed by atoms with Crippen LogP contribution >= 0.6 is 22.6 Å². The lowest BCUT2D eigenvalue weighted by Crippen LogP contribution is -2.24. The zero-order valence-corrected chi connectivity index (χ0v) is 8.26. The topological polar surface area (TPSA) is 24.9 Å². The number of pyridine rings is 1. The molecule has 0 bridgehead atoms. The van der Waals surface area contributed by atoms with Crippen molar-refractivity contribution >= 4 is 22.6 Å². The fraction of sp³-hybridized carbons (Fsp3) is 0.375. The van der Waals surface area contributed by atoms with Crippen LogP contribution in [-0.2, 0) is 13.0 Å². The van der Waals surface area contributed by atoms with Crippen molar-refractivity contribution in [2.45, 2.75) is 13.0 Å². The summed E-state index contributed by atoms with van der Waals surface area (Å²) in [4.78, 5) is 4.35. The summed E-state index contributed by atoms with van der Waals surface area (Å²) < 4.78 is 1.24. The number of nitrogens with one attached hydrogen (secondary N) is 1. The van der Waals surface area contributed by atoms with E-state index in [9.17, 15) is 0 Å². The summed E-state index contributed by atoms with van der Waals surface area (Å²) in [5.74, 6) is 0. The van der Waals surface area contributed by atoms with E-state index in [4.69, 9.17) is 0 Å². The van der Waals surface area contributed by atoms with Gasteiger partial charge in [-0.25, -0.2) is 0 Å². The van der Waals surface area contributed by atoms with Gasteiger partial charge >= 0.3 is 0 Å². The van der Waals surface area contributed by atoms with E-state index >= 15 is 0 Å². The van der Waals surface area contributed by atoms with E-state index in [1.807, 2.05) is 6.20 Å². The molecule has 0 saturated carbocycles. The second-order valence-corrected chi connectivity index (χ2v) is 3.93. The van der Waals surface area contributed by atoms with E-state index in [1.165, 1.54) is 14.8 Å². The first-order valence-corrected chi connectivity index (χ1v) is 4.78. The predicted octanol–water partition coefficient (Wildman–Crippen LogP) is 1.33. The Bertz CT molecular complexity index is 273. The zero-order valence-electron chi connectivity index (χ0n) is 6.10. The minimum atomic E-state index is 0.937. The highest BCUT2D eigenvalue weighted by atomic mass is 127. The molecule has 1 aliphatic rings. The maximum atomic E-state index is 4.35. The average Bonchev–Trinajstić information content (AvgIpc) is 2.04. The first-order chi connectivity index (χ1) is 5.36. The van der Waals surface area contributed by atoms with Crippen molar-refractivity contribution in [1.82, 2.24) is 10.3 Å². The Balaban J connectivity index is 2.43. The smallest absolute Gasteiger partial charge is 0.0574 e. The molecule has 1 N–H and O–H groups in total. The average molecular weight is 260 g/mol. The van der Waals surface area contributed by atoms with Gasteiger partial charge in [0.25, 0.3) is 0 Å². The summed E-state index contributed by atoms with van der Waals surface area (Å²) in [5, 5.41) is 3.30. The highest BCUT2D eigenvalue weighted by Crippen LogP contribution is 2.13. The van der Waals surface area contributed by atoms with Gasteiger partial charge in [0.15, 0.2) is 0 Å². The van der Waals surface area contributed by atoms with Gasteiger partial charge in [0.1, 0.15) is 0 Å². The number of aromatic nitrogens is 1. The molecule has 58 valence electrons. The zero-order chi connectivity index (χ0) is 7.68. The van der Waals surface area contributed by atoms with Gasteiger partial charge in [0.05, 0.1) is 5.69 Å². The van der Waals surface area contributed by atoms with Gasteiger partial charge in [0, 0.05) is 16.3 Å². The van der Waals surface area contributed by atoms with Crippen molar-refractivity contribution in [1.29, 1.82) is 0 Å². The summed E-state index contributed by atoms with van der Waals surface area (Å²) in [6.45, 7) is 2.03. The molecular formula is C8H9IN2. The summed E-state index contributed by atoms with van der Waals surface area (Å²) in [6, 6.07) is 2.23. The monoisotopic (exact) mass is 260 g/mol. The molecule has 0 radical (unpaired) electrons. The molecule has 0 aliphatic carbocycles. The molecule has 0 saturated heterocycles. The fourth-order valence-corrected chi connectivity index (χ4v) is 1.83. The first-order valence-electron chi connectivity index (χ1n) is 3.70. The number of fused-ring (bicyclic) bond motifs is 1. The van der Waals surface area contributed by atoms with E-state index in [1.54, 1.807) is 0 Å². The standard InChI is InChI=1S/C8H9IN2/c9-7-3-6-1-2-10-5-8(6)11-4-7/h3-4,10H,1-2,5H2. The van der Waals surface area contributed by atoms with Crippen LogP contribution in [0.3, 0.4) is 0 Å². The molecule has 1 aromatic heterocycles. The van der Waals surface area contributed by atoms with Gasteiger partial charge in [-0.05, 0) is 47.2 Å². The molecule has 0 unspecified atom stereocenters. The molecule has 0 spiro atoms. The molecule has 1 aliphatic heterocycles. The highest BCUT2D eigenvalue weighted by molar-refractivity contribution is 14.1. The normalized spacial score (nSPS) is 16.1. The Labute approximate surface area is 79.6 Å². The van der Waals surface area contributed by atoms with Gasteiger partial charge < -0.3 is 5.32 Å². The molecule has 2 nitrogen and oxygen atoms in total. The van der Waals surface area contributed by atoms with E-state index in [-0.39, 0.29) is 0 Å². The van der Waals surface area contributed by atoms with Gasteiger partial charge in [-0.1, -0.05) is 0 Å². The van der Waals surface area contributed by atoms with Gasteiger partial charge in [-0.3, -0.25) is 4.98 Å². The van der Waals surface area contributed by atoms with E-state index in [2.05, 4.69) is 39.0 Å². The molecule has 0 amide bonds. The van der Waals surface area contributed by atoms with E-state index in [0.29, 0.717) is 0 Å². The van der Waals surface area contributed by atoms with Crippen molar-refractivity contribution in [3.8, 4) is 0 Å². The Hall–Kier alpha value is -0.160. The lowest BCUT2D eigenvalue weighted by Gasteiger charge is -2.15. The number of rotatable bonds is 0. The molecule has 1 aromatic rings. The van der Waals surface area contributed by atoms with Crippen LogP contribution in [0.25, 0.3) is 0 Å². The van der Waals surface area contributed by atoms with Crippen LogP contribution in [0.2, 0.25) is 0 Å². The van der Waals surface area contributed by atoms with E-state index < -0.39 is 0 Å². The fourth-order valence-electron chi connectivity index (χ4n) is 1.31. The molecule has 11 heavy (non-hydrogen) atoms. The number of halogens is 1. The number of hydrogen-bond acceptors (Lipinski definition) is 2. The summed E-state index contributed by atoms with van der Waals surface area (Å²) in [6.07, 6.45) is 3.05. The molecule has 2 rings (SSSR count). The quantitative estimate of drug-likeness (QED) is 0.712. The Kier molecular flexibility index (Phi) is 2.09. The molecule has 0 fully saturated rings. The number of nitrogens with zero attached hydrogens (tertiary/aromatic N) is 1. The third kappa shape index (κ3) is 1.54. The largest absolute Gasteiger partial charge is 0.311 e. The SMILES string of the molecule is Ic1cnc2c(c1)CCNC2. The highest BCUT2D eigenvalue weighted by Gasteiger charge is 2.08. The number of hydrogen-bond donors (Lipinski definition) is 1. The Morgan fingerprint density at radius 2 is 2.45 bits per heavy atom. The Morgan fingerprint density at radius 3 is 3.36 bits per heavy atom. The van der Waals surface area contributed by atoms with Crippen molar-refractivity contribution in [2.75, 3.05) is 6.54 Å². The summed E-state index contributed by atoms with van der Waals surface area (Å²) in [7, 11) is 0. The van der Waals surface area contributed by atoms with Crippen molar-refractivity contribution in [3.63, 3.8) is 0 Å². The Morgan fingerprint density at radius 1 is 1.55 bits per heavy atom. The molecule has 0 aromatic carbocycles. The summed E-state index contributed by atoms with van der Waals surface area (Å²) >= 11 is 2.30. The van der Waals surface area contributed by atoms with Crippen molar-refractivity contribution < 1.29 is 0 Å². The third-order valence-electron chi connectivity index (χ3n) is 1.89. The maximum Gasteiger partial charge on any atom is 0.0574 e. The molecule has 2 heterocycles. The van der Waals surface area contributed by atoms with Crippen molar-refractivity contribution in [2.24, 2.45) is 0 Å². The van der Waals surface area contributed by atoms with Crippen LogP contribution in [0.5, 0.6) is 0 Å². The van der Waals surface area contributed by atoms with Crippen LogP contribution < -0.4 is 5.32 Å². The predicted molar refractivity (Wildman–Crippen MR) is 52.4 cm³/mol. The van der Waals surface area contributed by atoms with Gasteiger partial charge in [0.2, 0.25) is 0 Å². The molecular weight excluding hydrogens is 251 g/mol. The molecule has 0 atom stereocenters. The molecule has 3 heteroatoms. The van der Waals surface area contributed by atoms with Crippen LogP contribution in [-0.4, -0.2) is 11.5 Å². The van der Waals surface area contributed by atoms with Crippen LogP contribution in [0.1, 0.15) is 11.3 Å². The third-order valence-corrected chi connectivity index (χ3v) is 2.48. The van der Waals surface area contributed by atoms with Crippen molar-refractivity contribution in [3.05, 3.63) is 27.1 Å². The summed E-state index contributed by atoms with van der Waals surface area (Å²) in [5.41, 5.74) is 2.63. The minimum Gasteiger partial charge on any atom is -0.311 e. The van der Waals surface area contributed by atoms with E-state index in [0.717, 1.165) is 19.5 Å². The first kappa shape index (κ1) is 7.49. The van der Waals surface area contributed by atoms with Gasteiger partial charge in [-0.2, -0.15) is 0 Å². The van der Waals surface area contributed by atoms with Crippen LogP contribution in [0, 0.1) is 3.57 Å². The lowest BCUT2D eigenvalue weighted by atomic mass is 10.1. The second-order valence-electron chi connectivity index (χ2n) is 2.69.